The molecule has 0 saturated carbocycles. The average Bonchev–Trinajstić information content (AvgIpc) is 2.95. The highest BCUT2D eigenvalue weighted by molar-refractivity contribution is 6.30. The Kier molecular flexibility index (Phi) is 6.61. The highest BCUT2D eigenvalue weighted by Crippen LogP contribution is 2.37. The fraction of sp³-hybridized carbons (Fsp3) is 0.200. The summed E-state index contributed by atoms with van der Waals surface area (Å²) in [6.45, 7) is 1.13. The maximum Gasteiger partial charge on any atom is 0.255 e. The van der Waals surface area contributed by atoms with Crippen LogP contribution < -0.4 is 15.5 Å². The zero-order chi connectivity index (χ0) is 22.5. The molecule has 1 heterocycles. The normalized spacial score (nSPS) is 12.3. The van der Waals surface area contributed by atoms with Gasteiger partial charge in [0.1, 0.15) is 0 Å². The van der Waals surface area contributed by atoms with E-state index in [1.165, 1.54) is 23.3 Å². The Labute approximate surface area is 191 Å². The number of nitrogens with one attached hydrogen (secondary N) is 2. The van der Waals surface area contributed by atoms with Crippen LogP contribution in [-0.4, -0.2) is 30.5 Å². The van der Waals surface area contributed by atoms with E-state index in [1.807, 2.05) is 18.2 Å². The van der Waals surface area contributed by atoms with Crippen LogP contribution in [0, 0.1) is 0 Å². The second-order valence-corrected chi connectivity index (χ2v) is 8.06. The van der Waals surface area contributed by atoms with Crippen molar-refractivity contribution in [2.45, 2.75) is 19.3 Å². The van der Waals surface area contributed by atoms with Crippen molar-refractivity contribution in [3.63, 3.8) is 0 Å². The Balaban J connectivity index is 1.47. The number of carbonyl (C=O) groups excluding carboxylic acids is 2. The number of para-hydroxylation sites is 2. The highest BCUT2D eigenvalue weighted by Gasteiger charge is 2.21. The van der Waals surface area contributed by atoms with Crippen molar-refractivity contribution >= 4 is 41.0 Å². The van der Waals surface area contributed by atoms with Gasteiger partial charge in [-0.1, -0.05) is 41.9 Å². The maximum atomic E-state index is 12.6. The van der Waals surface area contributed by atoms with Crippen molar-refractivity contribution in [3.05, 3.63) is 82.4 Å². The molecule has 6 nitrogen and oxygen atoms in total. The van der Waals surface area contributed by atoms with Crippen LogP contribution in [0.15, 0.2) is 60.7 Å². The third-order valence-corrected chi connectivity index (χ3v) is 5.86. The number of benzene rings is 3. The number of rotatable bonds is 7. The molecule has 0 aromatic heterocycles. The summed E-state index contributed by atoms with van der Waals surface area (Å²) in [5, 5.41) is 16.2. The molecule has 7 heteroatoms. The topological polar surface area (TPSA) is 81.7 Å². The van der Waals surface area contributed by atoms with Crippen molar-refractivity contribution < 1.29 is 14.7 Å². The summed E-state index contributed by atoms with van der Waals surface area (Å²) >= 11 is 6.31. The molecule has 0 fully saturated rings. The fourth-order valence-corrected chi connectivity index (χ4v) is 4.23. The van der Waals surface area contributed by atoms with Crippen LogP contribution in [0.25, 0.3) is 0 Å². The van der Waals surface area contributed by atoms with Gasteiger partial charge in [-0.25, -0.2) is 0 Å². The first-order valence-corrected chi connectivity index (χ1v) is 10.9. The van der Waals surface area contributed by atoms with E-state index in [0.29, 0.717) is 30.9 Å². The van der Waals surface area contributed by atoms with E-state index in [-0.39, 0.29) is 17.0 Å². The number of phenols is 1. The predicted octanol–water partition coefficient (Wildman–Crippen LogP) is 4.67. The third-order valence-electron chi connectivity index (χ3n) is 5.62. The number of amides is 2. The molecular formula is C25H24ClN3O3. The van der Waals surface area contributed by atoms with Gasteiger partial charge in [-0.15, -0.1) is 0 Å². The first-order chi connectivity index (χ1) is 15.6. The molecule has 0 bridgehead atoms. The number of hydrogen-bond acceptors (Lipinski definition) is 4. The zero-order valence-corrected chi connectivity index (χ0v) is 18.2. The van der Waals surface area contributed by atoms with Crippen LogP contribution in [0.2, 0.25) is 5.02 Å². The Hall–Kier alpha value is -3.51. The summed E-state index contributed by atoms with van der Waals surface area (Å²) in [6.07, 6.45) is 3.06. The number of anilines is 3. The molecule has 0 unspecified atom stereocenters. The molecule has 4 rings (SSSR count). The van der Waals surface area contributed by atoms with Crippen LogP contribution in [0.4, 0.5) is 17.1 Å². The Morgan fingerprint density at radius 2 is 1.81 bits per heavy atom. The number of fused-ring (bicyclic) bond motifs is 2. The van der Waals surface area contributed by atoms with Crippen molar-refractivity contribution in [3.8, 4) is 5.75 Å². The molecule has 3 aromatic rings. The summed E-state index contributed by atoms with van der Waals surface area (Å²) in [4.78, 5) is 25.5. The van der Waals surface area contributed by atoms with Crippen LogP contribution in [0.1, 0.15) is 27.9 Å². The second-order valence-electron chi connectivity index (χ2n) is 7.63. The van der Waals surface area contributed by atoms with Gasteiger partial charge in [0, 0.05) is 29.5 Å². The lowest BCUT2D eigenvalue weighted by Crippen LogP contribution is -2.28. The molecule has 0 saturated heterocycles. The third kappa shape index (κ3) is 4.55. The van der Waals surface area contributed by atoms with Crippen molar-refractivity contribution in [2.24, 2.45) is 0 Å². The van der Waals surface area contributed by atoms with Gasteiger partial charge in [0.2, 0.25) is 6.41 Å². The van der Waals surface area contributed by atoms with Gasteiger partial charge >= 0.3 is 0 Å². The van der Waals surface area contributed by atoms with Crippen LogP contribution in [0.3, 0.4) is 0 Å². The van der Waals surface area contributed by atoms with Crippen molar-refractivity contribution in [2.75, 3.05) is 23.3 Å². The van der Waals surface area contributed by atoms with Gasteiger partial charge in [0.05, 0.1) is 11.3 Å². The highest BCUT2D eigenvalue weighted by atomic mass is 35.5. The van der Waals surface area contributed by atoms with Gasteiger partial charge in [-0.3, -0.25) is 9.59 Å². The molecule has 1 aliphatic heterocycles. The van der Waals surface area contributed by atoms with Gasteiger partial charge in [0.25, 0.3) is 5.91 Å². The van der Waals surface area contributed by atoms with E-state index >= 15 is 0 Å². The van der Waals surface area contributed by atoms with Gasteiger partial charge < -0.3 is 20.6 Å². The SMILES string of the molecule is O=CNc1cccc(C(=O)NCCCN2c3ccccc3CCc3ccc(Cl)cc32)c1O. The zero-order valence-electron chi connectivity index (χ0n) is 17.5. The standard InChI is InChI=1S/C25H24ClN3O3/c26-19-12-11-18-10-9-17-5-1-2-8-22(17)29(23(18)15-19)14-4-13-27-25(32)20-6-3-7-21(24(20)31)28-16-30/h1-3,5-8,11-12,15-16,31H,4,9-10,13-14H2,(H,27,32)(H,28,30). The van der Waals surface area contributed by atoms with Crippen LogP contribution in [-0.2, 0) is 17.6 Å². The summed E-state index contributed by atoms with van der Waals surface area (Å²) < 4.78 is 0. The van der Waals surface area contributed by atoms with E-state index in [1.54, 1.807) is 6.07 Å². The molecule has 3 N–H and O–H groups in total. The number of carbonyl (C=O) groups is 2. The van der Waals surface area contributed by atoms with E-state index in [4.69, 9.17) is 11.6 Å². The van der Waals surface area contributed by atoms with Crippen molar-refractivity contribution in [1.82, 2.24) is 5.32 Å². The van der Waals surface area contributed by atoms with E-state index in [9.17, 15) is 14.7 Å². The molecule has 1 aliphatic rings. The number of aryl methyl sites for hydroxylation is 2. The monoisotopic (exact) mass is 449 g/mol. The first kappa shape index (κ1) is 21.7. The number of hydrogen-bond donors (Lipinski definition) is 3. The minimum absolute atomic E-state index is 0.120. The second kappa shape index (κ2) is 9.75. The maximum absolute atomic E-state index is 12.6. The van der Waals surface area contributed by atoms with Crippen LogP contribution in [0.5, 0.6) is 5.75 Å². The predicted molar refractivity (Wildman–Crippen MR) is 127 cm³/mol. The van der Waals surface area contributed by atoms with Gasteiger partial charge in [-0.2, -0.15) is 0 Å². The van der Waals surface area contributed by atoms with Gasteiger partial charge in [-0.05, 0) is 60.7 Å². The lowest BCUT2D eigenvalue weighted by Gasteiger charge is -2.27. The Morgan fingerprint density at radius 3 is 2.62 bits per heavy atom. The van der Waals surface area contributed by atoms with Crippen molar-refractivity contribution in [1.29, 1.82) is 0 Å². The number of halogens is 1. The van der Waals surface area contributed by atoms with Crippen LogP contribution >= 0.6 is 11.6 Å². The average molecular weight is 450 g/mol. The molecule has 0 aliphatic carbocycles. The quantitative estimate of drug-likeness (QED) is 0.278. The molecule has 3 aromatic carbocycles. The van der Waals surface area contributed by atoms with Gasteiger partial charge in [0.15, 0.2) is 5.75 Å². The minimum atomic E-state index is -0.392. The van der Waals surface area contributed by atoms with E-state index in [0.717, 1.165) is 24.2 Å². The molecule has 32 heavy (non-hydrogen) atoms. The molecule has 164 valence electrons. The molecule has 0 radical (unpaired) electrons. The largest absolute Gasteiger partial charge is 0.505 e. The fourth-order valence-electron chi connectivity index (χ4n) is 4.07. The molecule has 2 amide bonds. The summed E-state index contributed by atoms with van der Waals surface area (Å²) in [5.74, 6) is -0.640. The summed E-state index contributed by atoms with van der Waals surface area (Å²) in [7, 11) is 0. The molecule has 0 atom stereocenters. The molecule has 0 spiro atoms. The smallest absolute Gasteiger partial charge is 0.255 e. The lowest BCUT2D eigenvalue weighted by atomic mass is 10.0. The molecular weight excluding hydrogens is 426 g/mol. The minimum Gasteiger partial charge on any atom is -0.505 e. The first-order valence-electron chi connectivity index (χ1n) is 10.5. The van der Waals surface area contributed by atoms with E-state index < -0.39 is 5.91 Å². The summed E-state index contributed by atoms with van der Waals surface area (Å²) in [5.41, 5.74) is 5.10. The number of aromatic hydroxyl groups is 1. The van der Waals surface area contributed by atoms with E-state index in [2.05, 4.69) is 39.8 Å². The summed E-state index contributed by atoms with van der Waals surface area (Å²) in [6, 6.07) is 19.0. The number of phenolic OH excluding ortho intramolecular Hbond substituents is 1. The number of nitrogens with zero attached hydrogens (tertiary/aromatic N) is 1. The Bertz CT molecular complexity index is 1150. The lowest BCUT2D eigenvalue weighted by molar-refractivity contribution is -0.105. The Morgan fingerprint density at radius 1 is 1.03 bits per heavy atom.